The van der Waals surface area contributed by atoms with E-state index < -0.39 is 0 Å². The van der Waals surface area contributed by atoms with Gasteiger partial charge in [-0.2, -0.15) is 0 Å². The molecule has 0 fully saturated rings. The molecule has 3 aromatic rings. The van der Waals surface area contributed by atoms with Gasteiger partial charge in [0, 0.05) is 16.8 Å². The molecule has 0 bridgehead atoms. The van der Waals surface area contributed by atoms with E-state index in [9.17, 15) is 9.59 Å². The molecular formula is C20H17N3O2. The Balaban J connectivity index is 1.67. The van der Waals surface area contributed by atoms with Crippen molar-refractivity contribution in [2.45, 2.75) is 6.92 Å². The molecule has 0 atom stereocenters. The minimum atomic E-state index is -0.183. The third-order valence-corrected chi connectivity index (χ3v) is 3.60. The predicted octanol–water partition coefficient (Wildman–Crippen LogP) is 4.28. The second-order valence-electron chi connectivity index (χ2n) is 5.51. The topological polar surface area (TPSA) is 71.1 Å². The first kappa shape index (κ1) is 16.4. The van der Waals surface area contributed by atoms with Crippen LogP contribution in [0.2, 0.25) is 0 Å². The molecule has 0 unspecified atom stereocenters. The van der Waals surface area contributed by atoms with Gasteiger partial charge in [0.1, 0.15) is 5.82 Å². The number of Topliss-reactive ketones (excluding diaryl/α,β-unsaturated/α-hetero) is 1. The van der Waals surface area contributed by atoms with E-state index in [4.69, 9.17) is 0 Å². The lowest BCUT2D eigenvalue weighted by molar-refractivity contribution is 0.101. The van der Waals surface area contributed by atoms with Crippen molar-refractivity contribution in [3.05, 3.63) is 84.1 Å². The van der Waals surface area contributed by atoms with Gasteiger partial charge in [-0.15, -0.1) is 0 Å². The number of nitrogens with one attached hydrogen (secondary N) is 2. The molecule has 25 heavy (non-hydrogen) atoms. The van der Waals surface area contributed by atoms with Crippen LogP contribution >= 0.6 is 0 Å². The van der Waals surface area contributed by atoms with Crippen molar-refractivity contribution in [1.29, 1.82) is 0 Å². The molecule has 124 valence electrons. The number of aromatic nitrogens is 1. The molecule has 1 heterocycles. The van der Waals surface area contributed by atoms with Gasteiger partial charge in [-0.3, -0.25) is 9.59 Å². The minimum Gasteiger partial charge on any atom is -0.340 e. The Hall–Kier alpha value is -3.47. The average molecular weight is 331 g/mol. The van der Waals surface area contributed by atoms with Crippen LogP contribution in [-0.2, 0) is 0 Å². The molecule has 0 spiro atoms. The van der Waals surface area contributed by atoms with Crippen molar-refractivity contribution in [2.24, 2.45) is 0 Å². The fraction of sp³-hybridized carbons (Fsp3) is 0.0500. The molecule has 2 aromatic carbocycles. The summed E-state index contributed by atoms with van der Waals surface area (Å²) in [5.74, 6) is 0.450. The molecule has 0 aliphatic rings. The van der Waals surface area contributed by atoms with Crippen molar-refractivity contribution in [3.8, 4) is 0 Å². The van der Waals surface area contributed by atoms with Crippen LogP contribution in [0.25, 0.3) is 0 Å². The van der Waals surface area contributed by atoms with Crippen LogP contribution in [0.5, 0.6) is 0 Å². The zero-order chi connectivity index (χ0) is 17.6. The SMILES string of the molecule is CC(=O)c1cccc(Nc2ccc(NC(=O)c3ccccc3)cn2)c1. The normalized spacial score (nSPS) is 10.1. The first-order valence-electron chi connectivity index (χ1n) is 7.82. The summed E-state index contributed by atoms with van der Waals surface area (Å²) in [6.07, 6.45) is 1.58. The number of hydrogen-bond acceptors (Lipinski definition) is 4. The summed E-state index contributed by atoms with van der Waals surface area (Å²) in [7, 11) is 0. The molecule has 0 saturated carbocycles. The zero-order valence-electron chi connectivity index (χ0n) is 13.7. The number of amides is 1. The lowest BCUT2D eigenvalue weighted by Gasteiger charge is -2.08. The smallest absolute Gasteiger partial charge is 0.255 e. The third-order valence-electron chi connectivity index (χ3n) is 3.60. The van der Waals surface area contributed by atoms with Crippen molar-refractivity contribution in [1.82, 2.24) is 4.98 Å². The van der Waals surface area contributed by atoms with Gasteiger partial charge in [0.25, 0.3) is 5.91 Å². The maximum Gasteiger partial charge on any atom is 0.255 e. The van der Waals surface area contributed by atoms with Gasteiger partial charge in [-0.05, 0) is 43.3 Å². The van der Waals surface area contributed by atoms with E-state index in [1.165, 1.54) is 6.92 Å². The Kier molecular flexibility index (Phi) is 4.85. The molecule has 0 radical (unpaired) electrons. The zero-order valence-corrected chi connectivity index (χ0v) is 13.7. The van der Waals surface area contributed by atoms with Gasteiger partial charge in [0.15, 0.2) is 5.78 Å². The summed E-state index contributed by atoms with van der Waals surface area (Å²) >= 11 is 0. The maximum absolute atomic E-state index is 12.1. The molecule has 1 amide bonds. The van der Waals surface area contributed by atoms with Crippen molar-refractivity contribution in [3.63, 3.8) is 0 Å². The fourth-order valence-electron chi connectivity index (χ4n) is 2.30. The highest BCUT2D eigenvalue weighted by molar-refractivity contribution is 6.04. The first-order valence-corrected chi connectivity index (χ1v) is 7.82. The van der Waals surface area contributed by atoms with Crippen molar-refractivity contribution < 1.29 is 9.59 Å². The third kappa shape index (κ3) is 4.29. The predicted molar refractivity (Wildman–Crippen MR) is 98.4 cm³/mol. The lowest BCUT2D eigenvalue weighted by atomic mass is 10.1. The number of carbonyl (C=O) groups is 2. The van der Waals surface area contributed by atoms with Gasteiger partial charge < -0.3 is 10.6 Å². The average Bonchev–Trinajstić information content (AvgIpc) is 2.64. The second kappa shape index (κ2) is 7.40. The highest BCUT2D eigenvalue weighted by Crippen LogP contribution is 2.18. The summed E-state index contributed by atoms with van der Waals surface area (Å²) in [6, 6.07) is 19.7. The molecule has 3 rings (SSSR count). The molecule has 2 N–H and O–H groups in total. The van der Waals surface area contributed by atoms with Crippen molar-refractivity contribution >= 4 is 28.9 Å². The van der Waals surface area contributed by atoms with Crippen LogP contribution in [0.1, 0.15) is 27.6 Å². The Labute approximate surface area is 145 Å². The number of hydrogen-bond donors (Lipinski definition) is 2. The number of ketones is 1. The van der Waals surface area contributed by atoms with Crippen LogP contribution < -0.4 is 10.6 Å². The lowest BCUT2D eigenvalue weighted by Crippen LogP contribution is -2.11. The number of pyridine rings is 1. The molecule has 5 heteroatoms. The van der Waals surface area contributed by atoms with E-state index in [-0.39, 0.29) is 11.7 Å². The van der Waals surface area contributed by atoms with E-state index >= 15 is 0 Å². The summed E-state index contributed by atoms with van der Waals surface area (Å²) < 4.78 is 0. The van der Waals surface area contributed by atoms with E-state index in [1.807, 2.05) is 30.3 Å². The fourth-order valence-corrected chi connectivity index (χ4v) is 2.30. The van der Waals surface area contributed by atoms with E-state index in [2.05, 4.69) is 15.6 Å². The first-order chi connectivity index (χ1) is 12.1. The molecule has 5 nitrogen and oxygen atoms in total. The summed E-state index contributed by atoms with van der Waals surface area (Å²) in [4.78, 5) is 27.8. The Bertz CT molecular complexity index is 890. The van der Waals surface area contributed by atoms with Crippen LogP contribution in [0.3, 0.4) is 0 Å². The number of anilines is 3. The Morgan fingerprint density at radius 3 is 2.28 bits per heavy atom. The van der Waals surface area contributed by atoms with Gasteiger partial charge in [-0.25, -0.2) is 4.98 Å². The van der Waals surface area contributed by atoms with Crippen LogP contribution in [0.15, 0.2) is 72.9 Å². The summed E-state index contributed by atoms with van der Waals surface area (Å²) in [5.41, 5.74) is 2.61. The quantitative estimate of drug-likeness (QED) is 0.685. The summed E-state index contributed by atoms with van der Waals surface area (Å²) in [6.45, 7) is 1.53. The van der Waals surface area contributed by atoms with Crippen LogP contribution in [-0.4, -0.2) is 16.7 Å². The van der Waals surface area contributed by atoms with E-state index in [1.54, 1.807) is 42.6 Å². The van der Waals surface area contributed by atoms with Crippen LogP contribution in [0, 0.1) is 0 Å². The standard InChI is InChI=1S/C20H17N3O2/c1-14(24)16-8-5-9-17(12-16)22-19-11-10-18(13-21-19)23-20(25)15-6-3-2-4-7-15/h2-13H,1H3,(H,21,22)(H,23,25). The maximum atomic E-state index is 12.1. The number of carbonyl (C=O) groups excluding carboxylic acids is 2. The molecule has 0 saturated heterocycles. The monoisotopic (exact) mass is 331 g/mol. The van der Waals surface area contributed by atoms with Gasteiger partial charge in [0.05, 0.1) is 11.9 Å². The van der Waals surface area contributed by atoms with E-state index in [0.29, 0.717) is 22.6 Å². The van der Waals surface area contributed by atoms with Crippen molar-refractivity contribution in [2.75, 3.05) is 10.6 Å². The van der Waals surface area contributed by atoms with Gasteiger partial charge in [0.2, 0.25) is 0 Å². The number of nitrogens with zero attached hydrogens (tertiary/aromatic N) is 1. The minimum absolute atomic E-state index is 0.00980. The number of benzene rings is 2. The Morgan fingerprint density at radius 1 is 0.840 bits per heavy atom. The molecule has 1 aromatic heterocycles. The second-order valence-corrected chi connectivity index (χ2v) is 5.51. The largest absolute Gasteiger partial charge is 0.340 e. The highest BCUT2D eigenvalue weighted by atomic mass is 16.1. The molecule has 0 aliphatic carbocycles. The Morgan fingerprint density at radius 2 is 1.60 bits per heavy atom. The molecular weight excluding hydrogens is 314 g/mol. The van der Waals surface area contributed by atoms with E-state index in [0.717, 1.165) is 5.69 Å². The van der Waals surface area contributed by atoms with Gasteiger partial charge >= 0.3 is 0 Å². The number of rotatable bonds is 5. The molecule has 0 aliphatic heterocycles. The van der Waals surface area contributed by atoms with Gasteiger partial charge in [-0.1, -0.05) is 30.3 Å². The highest BCUT2D eigenvalue weighted by Gasteiger charge is 2.06. The summed E-state index contributed by atoms with van der Waals surface area (Å²) in [5, 5.41) is 5.93. The van der Waals surface area contributed by atoms with Crippen LogP contribution in [0.4, 0.5) is 17.2 Å².